The van der Waals surface area contributed by atoms with Crippen LogP contribution in [0.5, 0.6) is 0 Å². The molecule has 0 fully saturated rings. The zero-order valence-corrected chi connectivity index (χ0v) is 8.87. The van der Waals surface area contributed by atoms with Gasteiger partial charge in [-0.25, -0.2) is 9.78 Å². The fourth-order valence-corrected chi connectivity index (χ4v) is 0.948. The van der Waals surface area contributed by atoms with Crippen molar-refractivity contribution in [2.24, 2.45) is 0 Å². The molecule has 0 aliphatic rings. The van der Waals surface area contributed by atoms with Gasteiger partial charge in [0.2, 0.25) is 5.95 Å². The third-order valence-electron chi connectivity index (χ3n) is 1.52. The molecule has 5 heteroatoms. The maximum absolute atomic E-state index is 12.6. The van der Waals surface area contributed by atoms with Crippen molar-refractivity contribution in [2.75, 3.05) is 5.73 Å². The van der Waals surface area contributed by atoms with E-state index in [2.05, 4.69) is 4.98 Å². The van der Waals surface area contributed by atoms with Crippen molar-refractivity contribution in [3.63, 3.8) is 0 Å². The molecule has 0 bridgehead atoms. The number of nitrogens with zero attached hydrogens (tertiary/aromatic N) is 1. The molecular formula is C10H13FN2O2. The summed E-state index contributed by atoms with van der Waals surface area (Å²) in [6.07, 6.45) is 1.07. The van der Waals surface area contributed by atoms with E-state index in [0.29, 0.717) is 0 Å². The van der Waals surface area contributed by atoms with Gasteiger partial charge < -0.3 is 10.5 Å². The second kappa shape index (κ2) is 3.84. The molecule has 4 nitrogen and oxygen atoms in total. The Morgan fingerprint density at radius 1 is 1.53 bits per heavy atom. The zero-order chi connectivity index (χ0) is 11.6. The Balaban J connectivity index is 2.92. The molecule has 0 atom stereocenters. The van der Waals surface area contributed by atoms with Crippen LogP contribution in [0.4, 0.5) is 10.1 Å². The molecule has 0 saturated carbocycles. The van der Waals surface area contributed by atoms with Crippen LogP contribution >= 0.6 is 0 Å². The minimum atomic E-state index is -0.722. The largest absolute Gasteiger partial charge is 0.456 e. The number of nitrogen functional groups attached to an aromatic ring is 1. The smallest absolute Gasteiger partial charge is 0.342 e. The van der Waals surface area contributed by atoms with Crippen LogP contribution in [0.1, 0.15) is 31.1 Å². The Hall–Kier alpha value is -1.65. The number of esters is 1. The van der Waals surface area contributed by atoms with Gasteiger partial charge in [-0.2, -0.15) is 4.39 Å². The summed E-state index contributed by atoms with van der Waals surface area (Å²) in [6.45, 7) is 5.20. The number of ether oxygens (including phenoxy) is 1. The Kier molecular flexibility index (Phi) is 2.93. The van der Waals surface area contributed by atoms with Crippen molar-refractivity contribution in [1.29, 1.82) is 0 Å². The number of carbonyl (C=O) groups excluding carboxylic acids is 1. The van der Waals surface area contributed by atoms with Crippen molar-refractivity contribution >= 4 is 11.7 Å². The molecule has 1 heterocycles. The average Bonchev–Trinajstić information content (AvgIpc) is 1.99. The van der Waals surface area contributed by atoms with Gasteiger partial charge in [0.15, 0.2) is 0 Å². The first-order valence-electron chi connectivity index (χ1n) is 4.44. The molecule has 0 aliphatic carbocycles. The summed E-state index contributed by atoms with van der Waals surface area (Å²) in [5.74, 6) is -1.33. The van der Waals surface area contributed by atoms with Crippen molar-refractivity contribution in [3.05, 3.63) is 23.8 Å². The third kappa shape index (κ3) is 3.19. The standard InChI is InChI=1S/C10H13FN2O2/c1-10(2,3)15-9(14)6-5-13-8(11)4-7(6)12/h4-5H,1-3H3,(H2,12,13). The number of anilines is 1. The van der Waals surface area contributed by atoms with Crippen molar-refractivity contribution in [1.82, 2.24) is 4.98 Å². The summed E-state index contributed by atoms with van der Waals surface area (Å²) in [5, 5.41) is 0. The van der Waals surface area contributed by atoms with Gasteiger partial charge in [0.05, 0.1) is 5.69 Å². The van der Waals surface area contributed by atoms with Crippen LogP contribution in [-0.4, -0.2) is 16.6 Å². The maximum atomic E-state index is 12.6. The van der Waals surface area contributed by atoms with Crippen LogP contribution in [0.2, 0.25) is 0 Å². The van der Waals surface area contributed by atoms with Gasteiger partial charge >= 0.3 is 5.97 Å². The van der Waals surface area contributed by atoms with Gasteiger partial charge in [-0.1, -0.05) is 0 Å². The van der Waals surface area contributed by atoms with E-state index < -0.39 is 17.5 Å². The Bertz CT molecular complexity index is 385. The first kappa shape index (κ1) is 11.4. The fraction of sp³-hybridized carbons (Fsp3) is 0.400. The summed E-state index contributed by atoms with van der Waals surface area (Å²) in [5.41, 5.74) is 4.95. The zero-order valence-electron chi connectivity index (χ0n) is 8.87. The minimum absolute atomic E-state index is 0.0248. The van der Waals surface area contributed by atoms with Crippen LogP contribution in [0.25, 0.3) is 0 Å². The minimum Gasteiger partial charge on any atom is -0.456 e. The van der Waals surface area contributed by atoms with E-state index in [4.69, 9.17) is 10.5 Å². The van der Waals surface area contributed by atoms with Crippen LogP contribution in [0.15, 0.2) is 12.3 Å². The van der Waals surface area contributed by atoms with E-state index >= 15 is 0 Å². The normalized spacial score (nSPS) is 11.2. The molecule has 0 unspecified atom stereocenters. The lowest BCUT2D eigenvalue weighted by Gasteiger charge is -2.19. The molecule has 15 heavy (non-hydrogen) atoms. The summed E-state index contributed by atoms with van der Waals surface area (Å²) in [7, 11) is 0. The Labute approximate surface area is 87.3 Å². The first-order chi connectivity index (χ1) is 6.79. The molecule has 0 saturated heterocycles. The van der Waals surface area contributed by atoms with E-state index in [-0.39, 0.29) is 11.3 Å². The molecule has 0 amide bonds. The summed E-state index contributed by atoms with van der Waals surface area (Å²) >= 11 is 0. The number of pyridine rings is 1. The van der Waals surface area contributed by atoms with Gasteiger partial charge in [0, 0.05) is 12.3 Å². The van der Waals surface area contributed by atoms with Crippen LogP contribution in [0.3, 0.4) is 0 Å². The number of hydrogen-bond acceptors (Lipinski definition) is 4. The van der Waals surface area contributed by atoms with Crippen LogP contribution < -0.4 is 5.73 Å². The summed E-state index contributed by atoms with van der Waals surface area (Å²) in [6, 6.07) is 0.985. The fourth-order valence-electron chi connectivity index (χ4n) is 0.948. The number of carbonyl (C=O) groups is 1. The number of rotatable bonds is 1. The summed E-state index contributed by atoms with van der Waals surface area (Å²) in [4.78, 5) is 14.9. The number of hydrogen-bond donors (Lipinski definition) is 1. The Morgan fingerprint density at radius 2 is 2.13 bits per heavy atom. The molecular weight excluding hydrogens is 199 g/mol. The van der Waals surface area contributed by atoms with Crippen LogP contribution in [-0.2, 0) is 4.74 Å². The number of aromatic nitrogens is 1. The predicted octanol–water partition coefficient (Wildman–Crippen LogP) is 1.76. The monoisotopic (exact) mass is 212 g/mol. The molecule has 1 aromatic rings. The first-order valence-corrected chi connectivity index (χ1v) is 4.44. The van der Waals surface area contributed by atoms with Gasteiger partial charge in [-0.3, -0.25) is 0 Å². The van der Waals surface area contributed by atoms with Crippen molar-refractivity contribution in [2.45, 2.75) is 26.4 Å². The number of nitrogens with two attached hydrogens (primary N) is 1. The number of halogens is 1. The highest BCUT2D eigenvalue weighted by Gasteiger charge is 2.20. The Morgan fingerprint density at radius 3 is 2.60 bits per heavy atom. The molecule has 1 aromatic heterocycles. The highest BCUT2D eigenvalue weighted by atomic mass is 19.1. The lowest BCUT2D eigenvalue weighted by Crippen LogP contribution is -2.24. The van der Waals surface area contributed by atoms with E-state index in [1.807, 2.05) is 0 Å². The molecule has 0 spiro atoms. The quantitative estimate of drug-likeness (QED) is 0.569. The second-order valence-corrected chi connectivity index (χ2v) is 4.10. The summed E-state index contributed by atoms with van der Waals surface area (Å²) < 4.78 is 17.7. The van der Waals surface area contributed by atoms with Crippen molar-refractivity contribution in [3.8, 4) is 0 Å². The van der Waals surface area contributed by atoms with Gasteiger partial charge in [-0.15, -0.1) is 0 Å². The van der Waals surface area contributed by atoms with E-state index in [0.717, 1.165) is 12.3 Å². The lowest BCUT2D eigenvalue weighted by molar-refractivity contribution is 0.00703. The molecule has 0 aromatic carbocycles. The van der Waals surface area contributed by atoms with Gasteiger partial charge in [0.1, 0.15) is 11.2 Å². The van der Waals surface area contributed by atoms with E-state index in [1.165, 1.54) is 0 Å². The van der Waals surface area contributed by atoms with Crippen molar-refractivity contribution < 1.29 is 13.9 Å². The molecule has 1 rings (SSSR count). The van der Waals surface area contributed by atoms with E-state index in [1.54, 1.807) is 20.8 Å². The molecule has 82 valence electrons. The van der Waals surface area contributed by atoms with E-state index in [9.17, 15) is 9.18 Å². The second-order valence-electron chi connectivity index (χ2n) is 4.10. The average molecular weight is 212 g/mol. The molecule has 0 aliphatic heterocycles. The van der Waals surface area contributed by atoms with Gasteiger partial charge in [0.25, 0.3) is 0 Å². The lowest BCUT2D eigenvalue weighted by atomic mass is 10.2. The maximum Gasteiger partial charge on any atom is 0.342 e. The molecule has 2 N–H and O–H groups in total. The molecule has 0 radical (unpaired) electrons. The predicted molar refractivity (Wildman–Crippen MR) is 53.8 cm³/mol. The highest BCUT2D eigenvalue weighted by molar-refractivity contribution is 5.94. The van der Waals surface area contributed by atoms with Crippen LogP contribution in [0, 0.1) is 5.95 Å². The SMILES string of the molecule is CC(C)(C)OC(=O)c1cnc(F)cc1N. The third-order valence-corrected chi connectivity index (χ3v) is 1.52. The topological polar surface area (TPSA) is 65.2 Å². The highest BCUT2D eigenvalue weighted by Crippen LogP contribution is 2.16. The van der Waals surface area contributed by atoms with Gasteiger partial charge in [-0.05, 0) is 20.8 Å².